The van der Waals surface area contributed by atoms with Crippen LogP contribution in [0.5, 0.6) is 0 Å². The second-order valence-electron chi connectivity index (χ2n) is 6.97. The first kappa shape index (κ1) is 18.5. The highest BCUT2D eigenvalue weighted by atomic mass is 35.5. The molecule has 2 aliphatic rings. The van der Waals surface area contributed by atoms with Gasteiger partial charge in [-0.25, -0.2) is 8.42 Å². The third-order valence-electron chi connectivity index (χ3n) is 5.29. The van der Waals surface area contributed by atoms with Crippen molar-refractivity contribution in [3.05, 3.63) is 59.1 Å². The van der Waals surface area contributed by atoms with Crippen molar-refractivity contribution in [3.8, 4) is 0 Å². The molecule has 1 atom stereocenters. The Balaban J connectivity index is 1.60. The summed E-state index contributed by atoms with van der Waals surface area (Å²) in [6, 6.07) is 13.9. The average Bonchev–Trinajstić information content (AvgIpc) is 3.32. The Morgan fingerprint density at radius 3 is 2.26 bits per heavy atom. The Bertz CT molecular complexity index is 942. The molecule has 1 amide bonds. The first-order valence-corrected chi connectivity index (χ1v) is 11.0. The van der Waals surface area contributed by atoms with Crippen molar-refractivity contribution in [2.75, 3.05) is 18.0 Å². The smallest absolute Gasteiger partial charge is 0.243 e. The molecule has 2 aromatic rings. The Labute approximate surface area is 164 Å². The molecule has 0 aliphatic carbocycles. The largest absolute Gasteiger partial charge is 0.312 e. The number of hydrogen-bond acceptors (Lipinski definition) is 3. The van der Waals surface area contributed by atoms with Gasteiger partial charge in [-0.2, -0.15) is 4.31 Å². The van der Waals surface area contributed by atoms with Crippen LogP contribution in [0.3, 0.4) is 0 Å². The quantitative estimate of drug-likeness (QED) is 0.774. The van der Waals surface area contributed by atoms with E-state index in [-0.39, 0.29) is 16.8 Å². The van der Waals surface area contributed by atoms with Gasteiger partial charge in [-0.15, -0.1) is 0 Å². The van der Waals surface area contributed by atoms with Gasteiger partial charge in [-0.3, -0.25) is 4.79 Å². The molecule has 0 N–H and O–H groups in total. The second-order valence-corrected chi connectivity index (χ2v) is 9.30. The normalized spacial score (nSPS) is 21.1. The van der Waals surface area contributed by atoms with Crippen LogP contribution >= 0.6 is 11.6 Å². The topological polar surface area (TPSA) is 57.7 Å². The number of carbonyl (C=O) groups is 1. The van der Waals surface area contributed by atoms with E-state index in [0.717, 1.165) is 30.5 Å². The molecule has 0 saturated carbocycles. The molecular formula is C20H21ClN2O3S. The minimum atomic E-state index is -3.60. The van der Waals surface area contributed by atoms with E-state index in [2.05, 4.69) is 0 Å². The maximum Gasteiger partial charge on any atom is 0.243 e. The molecule has 2 aliphatic heterocycles. The van der Waals surface area contributed by atoms with Crippen molar-refractivity contribution < 1.29 is 13.2 Å². The minimum absolute atomic E-state index is 0.0907. The van der Waals surface area contributed by atoms with Crippen LogP contribution in [0.25, 0.3) is 0 Å². The first-order chi connectivity index (χ1) is 13.0. The van der Waals surface area contributed by atoms with E-state index in [1.54, 1.807) is 45.6 Å². The lowest BCUT2D eigenvalue weighted by molar-refractivity contribution is -0.117. The molecule has 0 aromatic heterocycles. The van der Waals surface area contributed by atoms with Crippen LogP contribution in [0.15, 0.2) is 53.4 Å². The van der Waals surface area contributed by atoms with E-state index >= 15 is 0 Å². The summed E-state index contributed by atoms with van der Waals surface area (Å²) in [5, 5.41) is 0.637. The summed E-state index contributed by atoms with van der Waals surface area (Å²) in [5.41, 5.74) is 1.71. The van der Waals surface area contributed by atoms with Gasteiger partial charge < -0.3 is 4.90 Å². The fourth-order valence-electron chi connectivity index (χ4n) is 3.90. The third kappa shape index (κ3) is 3.49. The van der Waals surface area contributed by atoms with Crippen molar-refractivity contribution in [2.45, 2.75) is 36.6 Å². The van der Waals surface area contributed by atoms with Gasteiger partial charge in [0, 0.05) is 30.2 Å². The lowest BCUT2D eigenvalue weighted by atomic mass is 10.1. The third-order valence-corrected chi connectivity index (χ3v) is 7.46. The van der Waals surface area contributed by atoms with Gasteiger partial charge in [0.25, 0.3) is 0 Å². The molecular weight excluding hydrogens is 384 g/mol. The zero-order chi connectivity index (χ0) is 19.0. The number of rotatable bonds is 4. The summed E-state index contributed by atoms with van der Waals surface area (Å²) in [4.78, 5) is 13.9. The van der Waals surface area contributed by atoms with Gasteiger partial charge in [0.1, 0.15) is 0 Å². The molecule has 2 heterocycles. The zero-order valence-corrected chi connectivity index (χ0v) is 16.4. The molecule has 27 heavy (non-hydrogen) atoms. The number of hydrogen-bond donors (Lipinski definition) is 0. The molecule has 1 unspecified atom stereocenters. The van der Waals surface area contributed by atoms with Gasteiger partial charge >= 0.3 is 0 Å². The van der Waals surface area contributed by atoms with Crippen molar-refractivity contribution in [3.63, 3.8) is 0 Å². The van der Waals surface area contributed by atoms with Crippen molar-refractivity contribution in [2.24, 2.45) is 0 Å². The molecule has 4 rings (SSSR count). The summed E-state index contributed by atoms with van der Waals surface area (Å²) in [7, 11) is -3.60. The Kier molecular flexibility index (Phi) is 4.97. The van der Waals surface area contributed by atoms with Gasteiger partial charge in [0.15, 0.2) is 0 Å². The summed E-state index contributed by atoms with van der Waals surface area (Å²) >= 11 is 5.96. The molecule has 142 valence electrons. The lowest BCUT2D eigenvalue weighted by Crippen LogP contribution is -2.30. The molecule has 2 fully saturated rings. The Hall–Kier alpha value is -1.89. The van der Waals surface area contributed by atoms with Crippen LogP contribution in [0, 0.1) is 0 Å². The van der Waals surface area contributed by atoms with Gasteiger partial charge in [0.05, 0.1) is 10.9 Å². The van der Waals surface area contributed by atoms with E-state index in [1.165, 1.54) is 0 Å². The highest BCUT2D eigenvalue weighted by Crippen LogP contribution is 2.37. The highest BCUT2D eigenvalue weighted by molar-refractivity contribution is 7.89. The summed E-state index contributed by atoms with van der Waals surface area (Å²) in [6.45, 7) is 1.19. The molecule has 5 nitrogen and oxygen atoms in total. The number of anilines is 1. The summed E-state index contributed by atoms with van der Waals surface area (Å²) in [5.74, 6) is 0.0907. The monoisotopic (exact) mass is 404 g/mol. The summed E-state index contributed by atoms with van der Waals surface area (Å²) < 4.78 is 28.0. The van der Waals surface area contributed by atoms with Gasteiger partial charge in [-0.05, 0) is 61.2 Å². The number of benzene rings is 2. The zero-order valence-electron chi connectivity index (χ0n) is 14.8. The number of carbonyl (C=O) groups excluding carboxylic acids is 1. The van der Waals surface area contributed by atoms with E-state index < -0.39 is 10.0 Å². The van der Waals surface area contributed by atoms with Gasteiger partial charge in [-0.1, -0.05) is 23.7 Å². The average molecular weight is 405 g/mol. The van der Waals surface area contributed by atoms with Crippen molar-refractivity contribution in [1.29, 1.82) is 0 Å². The van der Waals surface area contributed by atoms with E-state index in [4.69, 9.17) is 11.6 Å². The SMILES string of the molecule is O=C1CCCN1c1ccc(S(=O)(=O)N2CCCC2c2ccc(Cl)cc2)cc1. The maximum absolute atomic E-state index is 13.2. The van der Waals surface area contributed by atoms with Crippen LogP contribution < -0.4 is 4.90 Å². The van der Waals surface area contributed by atoms with Crippen LogP contribution in [0.2, 0.25) is 5.02 Å². The minimum Gasteiger partial charge on any atom is -0.312 e. The molecule has 7 heteroatoms. The predicted molar refractivity (Wildman–Crippen MR) is 105 cm³/mol. The Morgan fingerprint density at radius 2 is 1.63 bits per heavy atom. The molecule has 0 spiro atoms. The van der Waals surface area contributed by atoms with Gasteiger partial charge in [0.2, 0.25) is 15.9 Å². The number of halogens is 1. The van der Waals surface area contributed by atoms with Crippen LogP contribution in [-0.4, -0.2) is 31.7 Å². The second kappa shape index (κ2) is 7.26. The highest BCUT2D eigenvalue weighted by Gasteiger charge is 2.36. The fraction of sp³-hybridized carbons (Fsp3) is 0.350. The van der Waals surface area contributed by atoms with Crippen molar-refractivity contribution in [1.82, 2.24) is 4.31 Å². The maximum atomic E-state index is 13.2. The number of sulfonamides is 1. The molecule has 2 saturated heterocycles. The molecule has 0 bridgehead atoms. The Morgan fingerprint density at radius 1 is 0.926 bits per heavy atom. The summed E-state index contributed by atoms with van der Waals surface area (Å²) in [6.07, 6.45) is 3.01. The van der Waals surface area contributed by atoms with E-state index in [9.17, 15) is 13.2 Å². The standard InChI is InChI=1S/C20H21ClN2O3S/c21-16-7-5-15(6-8-16)19-3-1-14-23(19)27(25,26)18-11-9-17(10-12-18)22-13-2-4-20(22)24/h5-12,19H,1-4,13-14H2. The van der Waals surface area contributed by atoms with E-state index in [0.29, 0.717) is 24.5 Å². The predicted octanol–water partition coefficient (Wildman–Crippen LogP) is 3.99. The number of amides is 1. The van der Waals surface area contributed by atoms with Crippen LogP contribution in [0.4, 0.5) is 5.69 Å². The van der Waals surface area contributed by atoms with Crippen LogP contribution in [-0.2, 0) is 14.8 Å². The van der Waals surface area contributed by atoms with E-state index in [1.807, 2.05) is 12.1 Å². The molecule has 0 radical (unpaired) electrons. The lowest BCUT2D eigenvalue weighted by Gasteiger charge is -2.25. The number of nitrogens with zero attached hydrogens (tertiary/aromatic N) is 2. The first-order valence-electron chi connectivity index (χ1n) is 9.14. The fourth-order valence-corrected chi connectivity index (χ4v) is 5.71. The van der Waals surface area contributed by atoms with Crippen molar-refractivity contribution >= 4 is 33.2 Å². The molecule has 2 aromatic carbocycles. The van der Waals surface area contributed by atoms with Crippen LogP contribution in [0.1, 0.15) is 37.3 Å².